The van der Waals surface area contributed by atoms with Gasteiger partial charge in [-0.05, 0) is 50.5 Å². The quantitative estimate of drug-likeness (QED) is 0.873. The number of hydrogen-bond acceptors (Lipinski definition) is 5. The molecule has 4 atom stereocenters. The molecule has 5 heteroatoms. The zero-order valence-electron chi connectivity index (χ0n) is 13.1. The van der Waals surface area contributed by atoms with E-state index < -0.39 is 0 Å². The van der Waals surface area contributed by atoms with E-state index in [1.54, 1.807) is 20.4 Å². The van der Waals surface area contributed by atoms with Crippen LogP contribution in [0.1, 0.15) is 43.8 Å². The van der Waals surface area contributed by atoms with E-state index in [1.165, 1.54) is 25.7 Å². The molecule has 2 fully saturated rings. The van der Waals surface area contributed by atoms with Crippen molar-refractivity contribution in [3.8, 4) is 11.8 Å². The second-order valence-electron chi connectivity index (χ2n) is 6.32. The summed E-state index contributed by atoms with van der Waals surface area (Å²) < 4.78 is 10.5. The zero-order valence-corrected chi connectivity index (χ0v) is 13.1. The monoisotopic (exact) mass is 291 g/mol. The van der Waals surface area contributed by atoms with E-state index in [-0.39, 0.29) is 6.04 Å². The minimum absolute atomic E-state index is 0.197. The van der Waals surface area contributed by atoms with Gasteiger partial charge < -0.3 is 14.8 Å². The van der Waals surface area contributed by atoms with E-state index in [4.69, 9.17) is 9.47 Å². The molecule has 1 heterocycles. The van der Waals surface area contributed by atoms with Gasteiger partial charge in [0.2, 0.25) is 11.8 Å². The lowest BCUT2D eigenvalue weighted by atomic mass is 9.83. The average molecular weight is 291 g/mol. The SMILES string of the molecule is CNC(CC1CC2CCC1C2)c1ncc(OC)nc1OC. The van der Waals surface area contributed by atoms with Gasteiger partial charge in [-0.1, -0.05) is 6.42 Å². The van der Waals surface area contributed by atoms with E-state index >= 15 is 0 Å². The van der Waals surface area contributed by atoms with Gasteiger partial charge in [-0.15, -0.1) is 0 Å². The van der Waals surface area contributed by atoms with Gasteiger partial charge in [0.1, 0.15) is 5.69 Å². The molecule has 4 unspecified atom stereocenters. The van der Waals surface area contributed by atoms with Gasteiger partial charge in [-0.25, -0.2) is 4.98 Å². The fourth-order valence-electron chi connectivity index (χ4n) is 4.19. The summed E-state index contributed by atoms with van der Waals surface area (Å²) in [5.74, 6) is 3.77. The van der Waals surface area contributed by atoms with Gasteiger partial charge in [-0.3, -0.25) is 0 Å². The van der Waals surface area contributed by atoms with Crippen LogP contribution in [-0.4, -0.2) is 31.2 Å². The van der Waals surface area contributed by atoms with Crippen LogP contribution in [0.4, 0.5) is 0 Å². The molecule has 3 rings (SSSR count). The number of nitrogens with zero attached hydrogens (tertiary/aromatic N) is 2. The molecule has 1 N–H and O–H groups in total. The number of ether oxygens (including phenoxy) is 2. The average Bonchev–Trinajstić information content (AvgIpc) is 3.14. The Morgan fingerprint density at radius 3 is 2.71 bits per heavy atom. The van der Waals surface area contributed by atoms with Gasteiger partial charge in [-0.2, -0.15) is 4.98 Å². The Morgan fingerprint density at radius 1 is 1.29 bits per heavy atom. The Kier molecular flexibility index (Phi) is 4.29. The Bertz CT molecular complexity index is 494. The van der Waals surface area contributed by atoms with Crippen LogP contribution >= 0.6 is 0 Å². The summed E-state index contributed by atoms with van der Waals surface area (Å²) in [7, 11) is 5.22. The molecule has 1 aromatic heterocycles. The molecular formula is C16H25N3O2. The molecule has 2 bridgehead atoms. The minimum atomic E-state index is 0.197. The van der Waals surface area contributed by atoms with Crippen molar-refractivity contribution in [3.05, 3.63) is 11.9 Å². The number of methoxy groups -OCH3 is 2. The molecule has 0 aromatic carbocycles. The first kappa shape index (κ1) is 14.6. The van der Waals surface area contributed by atoms with Crippen LogP contribution in [0.5, 0.6) is 11.8 Å². The molecule has 0 amide bonds. The molecule has 2 aliphatic rings. The molecule has 1 aromatic rings. The summed E-state index contributed by atoms with van der Waals surface area (Å²) in [4.78, 5) is 8.87. The van der Waals surface area contributed by atoms with Crippen LogP contribution in [0.25, 0.3) is 0 Å². The first-order valence-corrected chi connectivity index (χ1v) is 7.87. The summed E-state index contributed by atoms with van der Waals surface area (Å²) in [5, 5.41) is 3.39. The van der Waals surface area contributed by atoms with Crippen molar-refractivity contribution in [3.63, 3.8) is 0 Å². The predicted molar refractivity (Wildman–Crippen MR) is 80.5 cm³/mol. The first-order valence-electron chi connectivity index (χ1n) is 7.87. The van der Waals surface area contributed by atoms with E-state index in [0.717, 1.165) is 29.9 Å². The number of fused-ring (bicyclic) bond motifs is 2. The van der Waals surface area contributed by atoms with Crippen LogP contribution in [0.2, 0.25) is 0 Å². The van der Waals surface area contributed by atoms with Crippen molar-refractivity contribution in [2.45, 2.75) is 38.1 Å². The Morgan fingerprint density at radius 2 is 2.14 bits per heavy atom. The standard InChI is InChI=1S/C16H25N3O2/c1-17-13(8-12-7-10-4-5-11(12)6-10)15-16(21-3)19-14(20-2)9-18-15/h9-13,17H,4-8H2,1-3H3. The van der Waals surface area contributed by atoms with Crippen molar-refractivity contribution >= 4 is 0 Å². The predicted octanol–water partition coefficient (Wildman–Crippen LogP) is 2.58. The highest BCUT2D eigenvalue weighted by molar-refractivity contribution is 5.25. The fraction of sp³-hybridized carbons (Fsp3) is 0.750. The minimum Gasteiger partial charge on any atom is -0.480 e. The summed E-state index contributed by atoms with van der Waals surface area (Å²) in [6.07, 6.45) is 8.47. The number of nitrogens with one attached hydrogen (secondary N) is 1. The van der Waals surface area contributed by atoms with Gasteiger partial charge in [0.05, 0.1) is 26.5 Å². The molecule has 116 valence electrons. The highest BCUT2D eigenvalue weighted by Crippen LogP contribution is 2.51. The van der Waals surface area contributed by atoms with Crippen LogP contribution in [0.15, 0.2) is 6.20 Å². The highest BCUT2D eigenvalue weighted by atomic mass is 16.5. The lowest BCUT2D eigenvalue weighted by Gasteiger charge is -2.26. The lowest BCUT2D eigenvalue weighted by molar-refractivity contribution is 0.276. The summed E-state index contributed by atoms with van der Waals surface area (Å²) in [6.45, 7) is 0. The van der Waals surface area contributed by atoms with Crippen molar-refractivity contribution in [2.24, 2.45) is 17.8 Å². The van der Waals surface area contributed by atoms with Crippen LogP contribution in [-0.2, 0) is 0 Å². The third kappa shape index (κ3) is 2.84. The fourth-order valence-corrected chi connectivity index (χ4v) is 4.19. The number of hydrogen-bond donors (Lipinski definition) is 1. The topological polar surface area (TPSA) is 56.3 Å². The highest BCUT2D eigenvalue weighted by Gasteiger charge is 2.40. The van der Waals surface area contributed by atoms with Crippen molar-refractivity contribution < 1.29 is 9.47 Å². The molecule has 5 nitrogen and oxygen atoms in total. The third-order valence-corrected chi connectivity index (χ3v) is 5.25. The molecular weight excluding hydrogens is 266 g/mol. The molecule has 2 saturated carbocycles. The van der Waals surface area contributed by atoms with Crippen LogP contribution in [0.3, 0.4) is 0 Å². The third-order valence-electron chi connectivity index (χ3n) is 5.25. The molecule has 2 aliphatic carbocycles. The van der Waals surface area contributed by atoms with Gasteiger partial charge in [0.15, 0.2) is 0 Å². The van der Waals surface area contributed by atoms with E-state index in [1.807, 2.05) is 7.05 Å². The van der Waals surface area contributed by atoms with Crippen LogP contribution in [0, 0.1) is 17.8 Å². The summed E-state index contributed by atoms with van der Waals surface area (Å²) in [6, 6.07) is 0.197. The largest absolute Gasteiger partial charge is 0.480 e. The maximum atomic E-state index is 5.40. The van der Waals surface area contributed by atoms with E-state index in [0.29, 0.717) is 11.8 Å². The molecule has 0 aliphatic heterocycles. The number of rotatable bonds is 6. The van der Waals surface area contributed by atoms with Crippen molar-refractivity contribution in [1.82, 2.24) is 15.3 Å². The Hall–Kier alpha value is -1.36. The maximum absolute atomic E-state index is 5.40. The summed E-state index contributed by atoms with van der Waals surface area (Å²) >= 11 is 0. The molecule has 0 spiro atoms. The van der Waals surface area contributed by atoms with E-state index in [9.17, 15) is 0 Å². The molecule has 21 heavy (non-hydrogen) atoms. The zero-order chi connectivity index (χ0) is 14.8. The molecule has 0 radical (unpaired) electrons. The van der Waals surface area contributed by atoms with Crippen molar-refractivity contribution in [1.29, 1.82) is 0 Å². The second-order valence-corrected chi connectivity index (χ2v) is 6.32. The van der Waals surface area contributed by atoms with Gasteiger partial charge in [0.25, 0.3) is 0 Å². The van der Waals surface area contributed by atoms with Crippen molar-refractivity contribution in [2.75, 3.05) is 21.3 Å². The van der Waals surface area contributed by atoms with Gasteiger partial charge >= 0.3 is 0 Å². The Labute approximate surface area is 126 Å². The van der Waals surface area contributed by atoms with Crippen LogP contribution < -0.4 is 14.8 Å². The molecule has 0 saturated heterocycles. The first-order chi connectivity index (χ1) is 10.2. The smallest absolute Gasteiger partial charge is 0.240 e. The Balaban J connectivity index is 1.76. The number of aromatic nitrogens is 2. The maximum Gasteiger partial charge on any atom is 0.240 e. The second kappa shape index (κ2) is 6.18. The van der Waals surface area contributed by atoms with Gasteiger partial charge in [0, 0.05) is 0 Å². The van der Waals surface area contributed by atoms with E-state index in [2.05, 4.69) is 15.3 Å². The lowest BCUT2D eigenvalue weighted by Crippen LogP contribution is -2.24. The summed E-state index contributed by atoms with van der Waals surface area (Å²) in [5.41, 5.74) is 0.892. The normalized spacial score (nSPS) is 28.6.